The molecule has 0 amide bonds. The van der Waals surface area contributed by atoms with E-state index >= 15 is 0 Å². The van der Waals surface area contributed by atoms with Crippen molar-refractivity contribution in [1.82, 2.24) is 15.4 Å². The molecule has 1 heterocycles. The van der Waals surface area contributed by atoms with Gasteiger partial charge >= 0.3 is 6.18 Å². The van der Waals surface area contributed by atoms with E-state index in [0.29, 0.717) is 5.52 Å². The fourth-order valence-corrected chi connectivity index (χ4v) is 1.38. The molecule has 0 saturated heterocycles. The Morgan fingerprint density at radius 1 is 1.27 bits per heavy atom. The van der Waals surface area contributed by atoms with Crippen LogP contribution in [0, 0.1) is 4.64 Å². The molecule has 0 bridgehead atoms. The molecule has 0 spiro atoms. The van der Waals surface area contributed by atoms with Crippen molar-refractivity contribution in [3.8, 4) is 0 Å². The molecule has 78 valence electrons. The minimum absolute atomic E-state index is 0.0508. The van der Waals surface area contributed by atoms with E-state index in [4.69, 9.17) is 12.2 Å². The SMILES string of the molecule is FC(F)(F)c1ccc2[nH]nnc(=S)c2c1. The normalized spacial score (nSPS) is 11.9. The number of hydrogen-bond acceptors (Lipinski definition) is 3. The lowest BCUT2D eigenvalue weighted by atomic mass is 10.1. The van der Waals surface area contributed by atoms with Crippen LogP contribution in [-0.4, -0.2) is 15.4 Å². The Labute approximate surface area is 86.9 Å². The highest BCUT2D eigenvalue weighted by Gasteiger charge is 2.30. The molecular formula is C8H4F3N3S. The van der Waals surface area contributed by atoms with Crippen molar-refractivity contribution >= 4 is 23.1 Å². The van der Waals surface area contributed by atoms with Gasteiger partial charge in [0.1, 0.15) is 0 Å². The van der Waals surface area contributed by atoms with Crippen LogP contribution in [0.2, 0.25) is 0 Å². The van der Waals surface area contributed by atoms with E-state index in [2.05, 4.69) is 15.4 Å². The summed E-state index contributed by atoms with van der Waals surface area (Å²) in [5, 5.41) is 9.64. The molecule has 1 aromatic carbocycles. The second kappa shape index (κ2) is 3.27. The van der Waals surface area contributed by atoms with Gasteiger partial charge in [-0.05, 0) is 18.2 Å². The van der Waals surface area contributed by atoms with Crippen molar-refractivity contribution in [3.63, 3.8) is 0 Å². The summed E-state index contributed by atoms with van der Waals surface area (Å²) >= 11 is 4.78. The highest BCUT2D eigenvalue weighted by Crippen LogP contribution is 2.30. The van der Waals surface area contributed by atoms with Crippen molar-refractivity contribution < 1.29 is 13.2 Å². The topological polar surface area (TPSA) is 41.6 Å². The van der Waals surface area contributed by atoms with Gasteiger partial charge in [-0.15, -0.1) is 5.10 Å². The number of alkyl halides is 3. The maximum Gasteiger partial charge on any atom is 0.416 e. The molecule has 0 atom stereocenters. The molecule has 2 aromatic rings. The number of fused-ring (bicyclic) bond motifs is 1. The maximum atomic E-state index is 12.4. The summed E-state index contributed by atoms with van der Waals surface area (Å²) in [4.78, 5) is 0. The highest BCUT2D eigenvalue weighted by atomic mass is 32.1. The predicted molar refractivity (Wildman–Crippen MR) is 49.7 cm³/mol. The standard InChI is InChI=1S/C8H4F3N3S/c9-8(10,11)4-1-2-6-5(3-4)7(15)13-14-12-6/h1-3H,(H,12,13,15). The van der Waals surface area contributed by atoms with Crippen molar-refractivity contribution in [3.05, 3.63) is 28.4 Å². The van der Waals surface area contributed by atoms with Crippen LogP contribution in [0.4, 0.5) is 13.2 Å². The third-order valence-corrected chi connectivity index (χ3v) is 2.19. The first-order valence-corrected chi connectivity index (χ1v) is 4.31. The van der Waals surface area contributed by atoms with Crippen LogP contribution >= 0.6 is 12.2 Å². The average Bonchev–Trinajstić information content (AvgIpc) is 2.16. The third-order valence-electron chi connectivity index (χ3n) is 1.89. The lowest BCUT2D eigenvalue weighted by molar-refractivity contribution is -0.137. The Hall–Kier alpha value is -1.50. The summed E-state index contributed by atoms with van der Waals surface area (Å²) in [7, 11) is 0. The maximum absolute atomic E-state index is 12.4. The number of nitrogens with zero attached hydrogens (tertiary/aromatic N) is 2. The summed E-state index contributed by atoms with van der Waals surface area (Å²) in [5.41, 5.74) is -0.314. The van der Waals surface area contributed by atoms with Gasteiger partial charge in [-0.1, -0.05) is 17.4 Å². The van der Waals surface area contributed by atoms with Gasteiger partial charge in [0.2, 0.25) is 0 Å². The number of halogens is 3. The molecule has 0 fully saturated rings. The Balaban J connectivity index is 2.76. The summed E-state index contributed by atoms with van der Waals surface area (Å²) < 4.78 is 37.2. The Morgan fingerprint density at radius 3 is 2.67 bits per heavy atom. The fourth-order valence-electron chi connectivity index (χ4n) is 1.17. The molecule has 1 N–H and O–H groups in total. The zero-order chi connectivity index (χ0) is 11.1. The summed E-state index contributed by atoms with van der Waals surface area (Å²) in [6.07, 6.45) is -4.38. The van der Waals surface area contributed by atoms with Gasteiger partial charge in [0.05, 0.1) is 11.1 Å². The first kappa shape index (κ1) is 10.0. The summed E-state index contributed by atoms with van der Waals surface area (Å²) in [6, 6.07) is 3.21. The average molecular weight is 231 g/mol. The zero-order valence-corrected chi connectivity index (χ0v) is 7.99. The molecule has 0 radical (unpaired) electrons. The van der Waals surface area contributed by atoms with Crippen LogP contribution in [0.5, 0.6) is 0 Å². The first-order valence-electron chi connectivity index (χ1n) is 3.91. The number of aromatic amines is 1. The van der Waals surface area contributed by atoms with E-state index in [1.165, 1.54) is 6.07 Å². The number of nitrogens with one attached hydrogen (secondary N) is 1. The van der Waals surface area contributed by atoms with Crippen LogP contribution in [0.15, 0.2) is 18.2 Å². The second-order valence-corrected chi connectivity index (χ2v) is 3.26. The number of H-pyrrole nitrogens is 1. The second-order valence-electron chi connectivity index (χ2n) is 2.88. The van der Waals surface area contributed by atoms with E-state index in [1.807, 2.05) is 0 Å². The number of benzene rings is 1. The predicted octanol–water partition coefficient (Wildman–Crippen LogP) is 2.71. The van der Waals surface area contributed by atoms with Gasteiger partial charge in [-0.3, -0.25) is 5.10 Å². The Kier molecular flexibility index (Phi) is 2.18. The molecule has 1 aromatic heterocycles. The van der Waals surface area contributed by atoms with Gasteiger partial charge in [0.15, 0.2) is 4.64 Å². The van der Waals surface area contributed by atoms with Crippen molar-refractivity contribution in [2.75, 3.05) is 0 Å². The van der Waals surface area contributed by atoms with Gasteiger partial charge in [0.25, 0.3) is 0 Å². The first-order chi connectivity index (χ1) is 6.98. The molecular weight excluding hydrogens is 227 g/mol. The Morgan fingerprint density at radius 2 is 2.00 bits per heavy atom. The molecule has 2 rings (SSSR count). The van der Waals surface area contributed by atoms with Crippen LogP contribution in [0.25, 0.3) is 10.9 Å². The van der Waals surface area contributed by atoms with Crippen molar-refractivity contribution in [2.45, 2.75) is 6.18 Å². The zero-order valence-electron chi connectivity index (χ0n) is 7.17. The lowest BCUT2D eigenvalue weighted by Gasteiger charge is -2.06. The van der Waals surface area contributed by atoms with Gasteiger partial charge in [-0.25, -0.2) is 0 Å². The van der Waals surface area contributed by atoms with Gasteiger partial charge in [0, 0.05) is 5.39 Å². The summed E-state index contributed by atoms with van der Waals surface area (Å²) in [5.74, 6) is 0. The van der Waals surface area contributed by atoms with Crippen molar-refractivity contribution in [1.29, 1.82) is 0 Å². The van der Waals surface area contributed by atoms with E-state index in [9.17, 15) is 13.2 Å². The molecule has 0 aliphatic carbocycles. The van der Waals surface area contributed by atoms with Crippen molar-refractivity contribution in [2.24, 2.45) is 0 Å². The molecule has 0 saturated carbocycles. The fraction of sp³-hybridized carbons (Fsp3) is 0.125. The molecule has 0 aliphatic rings. The Bertz CT molecular complexity index is 561. The van der Waals surface area contributed by atoms with Crippen LogP contribution in [-0.2, 0) is 6.18 Å². The van der Waals surface area contributed by atoms with Crippen LogP contribution in [0.1, 0.15) is 5.56 Å². The number of rotatable bonds is 0. The van der Waals surface area contributed by atoms with Gasteiger partial charge in [-0.2, -0.15) is 13.2 Å². The van der Waals surface area contributed by atoms with E-state index < -0.39 is 11.7 Å². The molecule has 15 heavy (non-hydrogen) atoms. The lowest BCUT2D eigenvalue weighted by Crippen LogP contribution is -2.04. The van der Waals surface area contributed by atoms with Gasteiger partial charge < -0.3 is 0 Å². The quantitative estimate of drug-likeness (QED) is 0.709. The monoisotopic (exact) mass is 231 g/mol. The molecule has 0 aliphatic heterocycles. The minimum Gasteiger partial charge on any atom is -0.259 e. The van der Waals surface area contributed by atoms with E-state index in [1.54, 1.807) is 0 Å². The van der Waals surface area contributed by atoms with Crippen LogP contribution in [0.3, 0.4) is 0 Å². The third kappa shape index (κ3) is 1.82. The number of aromatic nitrogens is 3. The molecule has 7 heteroatoms. The minimum atomic E-state index is -4.38. The number of hydrogen-bond donors (Lipinski definition) is 1. The smallest absolute Gasteiger partial charge is 0.259 e. The van der Waals surface area contributed by atoms with E-state index in [-0.39, 0.29) is 10.0 Å². The molecule has 0 unspecified atom stereocenters. The summed E-state index contributed by atoms with van der Waals surface area (Å²) in [6.45, 7) is 0. The highest BCUT2D eigenvalue weighted by molar-refractivity contribution is 7.71. The molecule has 3 nitrogen and oxygen atoms in total. The van der Waals surface area contributed by atoms with Crippen LogP contribution < -0.4 is 0 Å². The van der Waals surface area contributed by atoms with E-state index in [0.717, 1.165) is 12.1 Å². The largest absolute Gasteiger partial charge is 0.416 e.